The van der Waals surface area contributed by atoms with Crippen molar-refractivity contribution in [3.05, 3.63) is 71.3 Å². The van der Waals surface area contributed by atoms with Gasteiger partial charge in [0.05, 0.1) is 6.61 Å². The number of benzene rings is 2. The van der Waals surface area contributed by atoms with E-state index in [1.54, 1.807) is 0 Å². The Morgan fingerprint density at radius 1 is 0.778 bits per heavy atom. The van der Waals surface area contributed by atoms with Crippen molar-refractivity contribution in [2.75, 3.05) is 0 Å². The molecule has 0 aromatic heterocycles. The Balaban J connectivity index is 1.97. The largest absolute Gasteiger partial charge is 0.413 e. The van der Waals surface area contributed by atoms with Crippen LogP contribution >= 0.6 is 0 Å². The monoisotopic (exact) mass is 382 g/mol. The fourth-order valence-electron chi connectivity index (χ4n) is 4.06. The summed E-state index contributed by atoms with van der Waals surface area (Å²) in [6.45, 7) is 12.3. The van der Waals surface area contributed by atoms with Gasteiger partial charge in [-0.2, -0.15) is 0 Å². The molecule has 2 rings (SSSR count). The van der Waals surface area contributed by atoms with Gasteiger partial charge in [-0.1, -0.05) is 89.2 Å². The van der Waals surface area contributed by atoms with Crippen LogP contribution in [-0.4, -0.2) is 8.32 Å². The number of hydrogen-bond acceptors (Lipinski definition) is 1. The second-order valence-electron chi connectivity index (χ2n) is 7.93. The third kappa shape index (κ3) is 6.05. The second-order valence-corrected chi connectivity index (χ2v) is 12.7. The number of rotatable bonds is 11. The van der Waals surface area contributed by atoms with Crippen molar-refractivity contribution in [3.8, 4) is 0 Å². The van der Waals surface area contributed by atoms with Crippen molar-refractivity contribution in [1.29, 1.82) is 0 Å². The van der Waals surface area contributed by atoms with E-state index in [1.807, 2.05) is 0 Å². The molecule has 0 saturated carbocycles. The Morgan fingerprint density at radius 3 is 1.89 bits per heavy atom. The van der Waals surface area contributed by atoms with Gasteiger partial charge < -0.3 is 4.43 Å². The van der Waals surface area contributed by atoms with E-state index in [1.165, 1.54) is 47.7 Å². The highest BCUT2D eigenvalue weighted by atomic mass is 28.4. The maximum atomic E-state index is 6.44. The Kier molecular flexibility index (Phi) is 8.78. The van der Waals surface area contributed by atoms with Gasteiger partial charge in [0.15, 0.2) is 8.32 Å². The van der Waals surface area contributed by atoms with Crippen LogP contribution in [0.5, 0.6) is 0 Å². The molecule has 2 unspecified atom stereocenters. The lowest BCUT2D eigenvalue weighted by molar-refractivity contribution is 0.287. The maximum absolute atomic E-state index is 6.44. The van der Waals surface area contributed by atoms with E-state index in [-0.39, 0.29) is 0 Å². The van der Waals surface area contributed by atoms with Crippen LogP contribution in [0.25, 0.3) is 0 Å². The molecule has 0 aliphatic heterocycles. The molecule has 0 fully saturated rings. The summed E-state index contributed by atoms with van der Waals surface area (Å²) in [7, 11) is -1.50. The summed E-state index contributed by atoms with van der Waals surface area (Å²) in [6.07, 6.45) is 2.39. The summed E-state index contributed by atoms with van der Waals surface area (Å²) in [6, 6.07) is 23.8. The van der Waals surface area contributed by atoms with E-state index in [0.717, 1.165) is 6.61 Å². The molecule has 0 saturated heterocycles. The Morgan fingerprint density at radius 2 is 1.37 bits per heavy atom. The van der Waals surface area contributed by atoms with Crippen LogP contribution in [0.3, 0.4) is 0 Å². The fourth-order valence-corrected chi connectivity index (χ4v) is 6.65. The van der Waals surface area contributed by atoms with Crippen LogP contribution in [0, 0.1) is 0 Å². The van der Waals surface area contributed by atoms with E-state index in [9.17, 15) is 0 Å². The molecule has 0 N–H and O–H groups in total. The summed E-state index contributed by atoms with van der Waals surface area (Å²) in [5.74, 6) is 1.20. The standard InChI is InChI=1S/C25H38OSi/c1-6-23(25-13-11-10-12-14-25)19-21(5)24-17-15-22(16-18-24)20-26-27(7-2,8-3)9-4/h10-18,21,23H,6-9,19-20H2,1-5H3. The summed E-state index contributed by atoms with van der Waals surface area (Å²) in [5.41, 5.74) is 4.23. The SMILES string of the molecule is CCC(CC(C)c1ccc(CO[Si](CC)(CC)CC)cc1)c1ccccc1. The molecule has 0 aliphatic rings. The molecule has 0 heterocycles. The highest BCUT2D eigenvalue weighted by molar-refractivity contribution is 6.73. The van der Waals surface area contributed by atoms with Crippen molar-refractivity contribution >= 4 is 8.32 Å². The fraction of sp³-hybridized carbons (Fsp3) is 0.520. The third-order valence-electron chi connectivity index (χ3n) is 6.43. The molecule has 27 heavy (non-hydrogen) atoms. The molecule has 0 radical (unpaired) electrons. The van der Waals surface area contributed by atoms with Crippen molar-refractivity contribution < 1.29 is 4.43 Å². The first-order valence-corrected chi connectivity index (χ1v) is 13.4. The highest BCUT2D eigenvalue weighted by Gasteiger charge is 2.28. The van der Waals surface area contributed by atoms with Crippen LogP contribution in [0.2, 0.25) is 18.1 Å². The Hall–Kier alpha value is -1.38. The molecule has 2 atom stereocenters. The molecule has 0 aliphatic carbocycles. The zero-order valence-corrected chi connectivity index (χ0v) is 19.0. The molecular weight excluding hydrogens is 344 g/mol. The van der Waals surface area contributed by atoms with Gasteiger partial charge in [-0.05, 0) is 59.5 Å². The average Bonchev–Trinajstić information content (AvgIpc) is 2.74. The number of hydrogen-bond donors (Lipinski definition) is 0. The van der Waals surface area contributed by atoms with Crippen LogP contribution in [0.1, 0.15) is 76.0 Å². The predicted molar refractivity (Wildman–Crippen MR) is 121 cm³/mol. The summed E-state index contributed by atoms with van der Waals surface area (Å²) >= 11 is 0. The molecule has 0 bridgehead atoms. The lowest BCUT2D eigenvalue weighted by Crippen LogP contribution is -2.35. The second kappa shape index (κ2) is 10.8. The minimum atomic E-state index is -1.50. The van der Waals surface area contributed by atoms with Crippen LogP contribution in [-0.2, 0) is 11.0 Å². The van der Waals surface area contributed by atoms with Gasteiger partial charge in [0.1, 0.15) is 0 Å². The van der Waals surface area contributed by atoms with Gasteiger partial charge in [-0.25, -0.2) is 0 Å². The maximum Gasteiger partial charge on any atom is 0.192 e. The first-order valence-electron chi connectivity index (χ1n) is 10.8. The van der Waals surface area contributed by atoms with Gasteiger partial charge in [0.2, 0.25) is 0 Å². The summed E-state index contributed by atoms with van der Waals surface area (Å²) < 4.78 is 6.44. The molecular formula is C25H38OSi. The first kappa shape index (κ1) is 21.9. The summed E-state index contributed by atoms with van der Waals surface area (Å²) in [5, 5.41) is 0. The van der Waals surface area contributed by atoms with Crippen LogP contribution < -0.4 is 0 Å². The van der Waals surface area contributed by atoms with Gasteiger partial charge in [-0.3, -0.25) is 0 Å². The van der Waals surface area contributed by atoms with Crippen molar-refractivity contribution in [2.45, 2.75) is 84.0 Å². The molecule has 1 nitrogen and oxygen atoms in total. The zero-order chi connectivity index (χ0) is 19.7. The lowest BCUT2D eigenvalue weighted by Gasteiger charge is -2.28. The summed E-state index contributed by atoms with van der Waals surface area (Å²) in [4.78, 5) is 0. The topological polar surface area (TPSA) is 9.23 Å². The lowest BCUT2D eigenvalue weighted by atomic mass is 9.84. The first-order chi connectivity index (χ1) is 13.1. The Labute approximate surface area is 168 Å². The zero-order valence-electron chi connectivity index (χ0n) is 18.0. The molecule has 2 aromatic rings. The molecule has 0 amide bonds. The minimum Gasteiger partial charge on any atom is -0.413 e. The minimum absolute atomic E-state index is 0.570. The van der Waals surface area contributed by atoms with Gasteiger partial charge >= 0.3 is 0 Å². The third-order valence-corrected chi connectivity index (χ3v) is 11.1. The van der Waals surface area contributed by atoms with Gasteiger partial charge in [0.25, 0.3) is 0 Å². The average molecular weight is 383 g/mol. The van der Waals surface area contributed by atoms with E-state index in [0.29, 0.717) is 11.8 Å². The van der Waals surface area contributed by atoms with Crippen molar-refractivity contribution in [3.63, 3.8) is 0 Å². The smallest absolute Gasteiger partial charge is 0.192 e. The van der Waals surface area contributed by atoms with E-state index in [4.69, 9.17) is 4.43 Å². The van der Waals surface area contributed by atoms with Crippen LogP contribution in [0.15, 0.2) is 54.6 Å². The predicted octanol–water partition coefficient (Wildman–Crippen LogP) is 7.90. The van der Waals surface area contributed by atoms with Crippen LogP contribution in [0.4, 0.5) is 0 Å². The van der Waals surface area contributed by atoms with Crippen molar-refractivity contribution in [1.82, 2.24) is 0 Å². The molecule has 0 spiro atoms. The van der Waals surface area contributed by atoms with E-state index in [2.05, 4.69) is 89.2 Å². The normalized spacial score (nSPS) is 14.1. The van der Waals surface area contributed by atoms with Gasteiger partial charge in [-0.15, -0.1) is 0 Å². The highest BCUT2D eigenvalue weighted by Crippen LogP contribution is 2.32. The van der Waals surface area contributed by atoms with Gasteiger partial charge in [0, 0.05) is 0 Å². The molecule has 2 heteroatoms. The van der Waals surface area contributed by atoms with E-state index >= 15 is 0 Å². The molecule has 148 valence electrons. The van der Waals surface area contributed by atoms with Crippen molar-refractivity contribution in [2.24, 2.45) is 0 Å². The Bertz CT molecular complexity index is 638. The van der Waals surface area contributed by atoms with E-state index < -0.39 is 8.32 Å². The quantitative estimate of drug-likeness (QED) is 0.359. The molecule has 2 aromatic carbocycles.